The van der Waals surface area contributed by atoms with Crippen LogP contribution in [0.3, 0.4) is 0 Å². The number of nitrogens with two attached hydrogens (primary N) is 1. The van der Waals surface area contributed by atoms with E-state index in [-0.39, 0.29) is 24.4 Å². The van der Waals surface area contributed by atoms with E-state index in [4.69, 9.17) is 14.8 Å². The van der Waals surface area contributed by atoms with Crippen LogP contribution in [0, 0.1) is 0 Å². The maximum atomic E-state index is 13.0. The maximum absolute atomic E-state index is 13.0. The molecule has 0 bridgehead atoms. The van der Waals surface area contributed by atoms with Gasteiger partial charge in [0, 0.05) is 19.6 Å². The first kappa shape index (κ1) is 21.1. The van der Waals surface area contributed by atoms with Crippen LogP contribution in [-0.2, 0) is 13.6 Å². The number of hydrogen-bond donors (Lipinski definition) is 2. The fraction of sp³-hybridized carbons (Fsp3) is 0.706. The van der Waals surface area contributed by atoms with Gasteiger partial charge in [0.15, 0.2) is 11.5 Å². The van der Waals surface area contributed by atoms with Crippen molar-refractivity contribution in [2.24, 2.45) is 0 Å². The summed E-state index contributed by atoms with van der Waals surface area (Å²) >= 11 is 0. The van der Waals surface area contributed by atoms with Crippen molar-refractivity contribution in [2.45, 2.75) is 52.0 Å². The minimum absolute atomic E-state index is 0.191. The third kappa shape index (κ3) is 4.69. The third-order valence-electron chi connectivity index (χ3n) is 4.51. The lowest BCUT2D eigenvalue weighted by Crippen LogP contribution is -2.26. The molecule has 28 heavy (non-hydrogen) atoms. The van der Waals surface area contributed by atoms with Crippen LogP contribution in [0.4, 0.5) is 5.82 Å². The highest BCUT2D eigenvalue weighted by Crippen LogP contribution is 2.50. The van der Waals surface area contributed by atoms with Gasteiger partial charge in [0.05, 0.1) is 36.8 Å². The SMILES string of the molecule is CC(C)OP(=O)(CCN1C[C@@H](O)[C@H](n2cnc3c(N)ncnc32)C1)OC(C)C. The number of likely N-dealkylation sites (tertiary alicyclic amines) is 1. The molecule has 1 aliphatic heterocycles. The van der Waals surface area contributed by atoms with Crippen molar-refractivity contribution in [1.29, 1.82) is 0 Å². The van der Waals surface area contributed by atoms with Crippen LogP contribution in [0.15, 0.2) is 12.7 Å². The van der Waals surface area contributed by atoms with Crippen LogP contribution in [0.25, 0.3) is 11.2 Å². The number of rotatable bonds is 8. The summed E-state index contributed by atoms with van der Waals surface area (Å²) in [6.45, 7) is 8.86. The van der Waals surface area contributed by atoms with Crippen LogP contribution in [0.1, 0.15) is 33.7 Å². The molecule has 1 aliphatic rings. The molecule has 3 rings (SSSR count). The van der Waals surface area contributed by atoms with Crippen molar-refractivity contribution in [3.63, 3.8) is 0 Å². The number of aliphatic hydroxyl groups is 1. The van der Waals surface area contributed by atoms with Gasteiger partial charge in [0.1, 0.15) is 11.8 Å². The van der Waals surface area contributed by atoms with Gasteiger partial charge in [-0.3, -0.25) is 9.46 Å². The zero-order valence-corrected chi connectivity index (χ0v) is 17.6. The number of β-amino-alcohol motifs (C(OH)–C–C–N with tert-alkyl or cyclic N) is 1. The summed E-state index contributed by atoms with van der Waals surface area (Å²) in [6.07, 6.45) is 2.29. The average Bonchev–Trinajstić information content (AvgIpc) is 3.15. The highest BCUT2D eigenvalue weighted by Gasteiger charge is 2.36. The van der Waals surface area contributed by atoms with Crippen LogP contribution < -0.4 is 5.73 Å². The lowest BCUT2D eigenvalue weighted by atomic mass is 10.2. The van der Waals surface area contributed by atoms with Gasteiger partial charge in [-0.1, -0.05) is 0 Å². The first-order valence-corrected chi connectivity index (χ1v) is 11.2. The van der Waals surface area contributed by atoms with E-state index >= 15 is 0 Å². The molecule has 2 atom stereocenters. The quantitative estimate of drug-likeness (QED) is 0.622. The lowest BCUT2D eigenvalue weighted by Gasteiger charge is -2.25. The van der Waals surface area contributed by atoms with Crippen LogP contribution in [0.2, 0.25) is 0 Å². The minimum Gasteiger partial charge on any atom is -0.390 e. The van der Waals surface area contributed by atoms with Crippen molar-refractivity contribution < 1.29 is 18.7 Å². The molecule has 2 aromatic heterocycles. The molecule has 1 fully saturated rings. The summed E-state index contributed by atoms with van der Waals surface area (Å²) in [6, 6.07) is -0.226. The van der Waals surface area contributed by atoms with Crippen molar-refractivity contribution in [3.05, 3.63) is 12.7 Å². The van der Waals surface area contributed by atoms with Crippen LogP contribution in [0.5, 0.6) is 0 Å². The topological polar surface area (TPSA) is 129 Å². The molecule has 156 valence electrons. The molecule has 0 aliphatic carbocycles. The van der Waals surface area contributed by atoms with Crippen molar-refractivity contribution in [1.82, 2.24) is 24.4 Å². The summed E-state index contributed by atoms with van der Waals surface area (Å²) in [4.78, 5) is 14.5. The summed E-state index contributed by atoms with van der Waals surface area (Å²) < 4.78 is 26.0. The Morgan fingerprint density at radius 1 is 1.21 bits per heavy atom. The largest absolute Gasteiger partial charge is 0.390 e. The van der Waals surface area contributed by atoms with Gasteiger partial charge < -0.3 is 24.5 Å². The van der Waals surface area contributed by atoms with Crippen LogP contribution >= 0.6 is 7.60 Å². The number of aromatic nitrogens is 4. The number of nitrogen functional groups attached to an aromatic ring is 1. The summed E-state index contributed by atoms with van der Waals surface area (Å²) in [5, 5.41) is 10.6. The Morgan fingerprint density at radius 3 is 2.54 bits per heavy atom. The van der Waals surface area contributed by atoms with E-state index in [1.54, 1.807) is 6.33 Å². The zero-order chi connectivity index (χ0) is 20.5. The van der Waals surface area contributed by atoms with Gasteiger partial charge >= 0.3 is 7.60 Å². The van der Waals surface area contributed by atoms with E-state index in [9.17, 15) is 9.67 Å². The zero-order valence-electron chi connectivity index (χ0n) is 16.7. The predicted octanol–water partition coefficient (Wildman–Crippen LogP) is 1.67. The van der Waals surface area contributed by atoms with E-state index in [1.807, 2.05) is 37.2 Å². The van der Waals surface area contributed by atoms with E-state index in [2.05, 4.69) is 15.0 Å². The molecular formula is C17H29N6O4P. The molecule has 3 heterocycles. The third-order valence-corrected chi connectivity index (χ3v) is 6.75. The highest BCUT2D eigenvalue weighted by atomic mass is 31.2. The minimum atomic E-state index is -3.21. The van der Waals surface area contributed by atoms with Gasteiger partial charge in [-0.25, -0.2) is 15.0 Å². The molecule has 0 spiro atoms. The summed E-state index contributed by atoms with van der Waals surface area (Å²) in [5.41, 5.74) is 6.96. The van der Waals surface area contributed by atoms with Gasteiger partial charge in [0.25, 0.3) is 0 Å². The Morgan fingerprint density at radius 2 is 1.89 bits per heavy atom. The van der Waals surface area contributed by atoms with Gasteiger partial charge in [-0.2, -0.15) is 0 Å². The van der Waals surface area contributed by atoms with E-state index in [0.29, 0.717) is 36.6 Å². The number of imidazole rings is 1. The Balaban J connectivity index is 1.69. The molecule has 2 aromatic rings. The molecule has 0 radical (unpaired) electrons. The predicted molar refractivity (Wildman–Crippen MR) is 106 cm³/mol. The highest BCUT2D eigenvalue weighted by molar-refractivity contribution is 7.53. The van der Waals surface area contributed by atoms with Gasteiger partial charge in [-0.05, 0) is 27.7 Å². The fourth-order valence-corrected chi connectivity index (χ4v) is 5.53. The van der Waals surface area contributed by atoms with Crippen molar-refractivity contribution in [2.75, 3.05) is 31.5 Å². The second-order valence-electron chi connectivity index (χ2n) is 7.62. The fourth-order valence-electron chi connectivity index (χ4n) is 3.45. The molecular weight excluding hydrogens is 383 g/mol. The second-order valence-corrected chi connectivity index (χ2v) is 9.71. The maximum Gasteiger partial charge on any atom is 0.332 e. The monoisotopic (exact) mass is 412 g/mol. The first-order chi connectivity index (χ1) is 13.2. The standard InChI is InChI=1S/C17H29N6O4P/c1-11(2)26-28(25,27-12(3)4)6-5-22-7-13(14(24)8-22)23-10-21-15-16(18)19-9-20-17(15)23/h9-14,24H,5-8H2,1-4H3,(H2,18,19,20)/t13-,14-/m1/s1. The molecule has 0 amide bonds. The summed E-state index contributed by atoms with van der Waals surface area (Å²) in [5.74, 6) is 0.311. The number of nitrogens with zero attached hydrogens (tertiary/aromatic N) is 5. The van der Waals surface area contributed by atoms with E-state index in [0.717, 1.165) is 0 Å². The second kappa shape index (κ2) is 8.42. The number of fused-ring (bicyclic) bond motifs is 1. The number of hydrogen-bond acceptors (Lipinski definition) is 9. The number of aliphatic hydroxyl groups excluding tert-OH is 1. The van der Waals surface area contributed by atoms with Gasteiger partial charge in [0.2, 0.25) is 0 Å². The summed E-state index contributed by atoms with van der Waals surface area (Å²) in [7, 11) is -3.21. The molecule has 11 heteroatoms. The number of anilines is 1. The van der Waals surface area contributed by atoms with Crippen LogP contribution in [-0.4, -0.2) is 73.6 Å². The Hall–Kier alpha value is -1.58. The Bertz CT molecular complexity index is 843. The first-order valence-electron chi connectivity index (χ1n) is 9.48. The lowest BCUT2D eigenvalue weighted by molar-refractivity contribution is 0.137. The van der Waals surface area contributed by atoms with E-state index < -0.39 is 13.7 Å². The Kier molecular flexibility index (Phi) is 6.36. The molecule has 3 N–H and O–H groups in total. The van der Waals surface area contributed by atoms with Crippen molar-refractivity contribution >= 4 is 24.6 Å². The molecule has 10 nitrogen and oxygen atoms in total. The average molecular weight is 412 g/mol. The van der Waals surface area contributed by atoms with Gasteiger partial charge in [-0.15, -0.1) is 0 Å². The smallest absolute Gasteiger partial charge is 0.332 e. The van der Waals surface area contributed by atoms with Crippen molar-refractivity contribution in [3.8, 4) is 0 Å². The molecule has 0 unspecified atom stereocenters. The molecule has 1 saturated heterocycles. The normalized spacial score (nSPS) is 21.4. The molecule has 0 aromatic carbocycles. The Labute approximate surface area is 164 Å². The van der Waals surface area contributed by atoms with E-state index in [1.165, 1.54) is 6.33 Å². The molecule has 0 saturated carbocycles.